The zero-order valence-corrected chi connectivity index (χ0v) is 25.4. The maximum absolute atomic E-state index is 12.2. The Kier molecular flexibility index (Phi) is 13.2. The third kappa shape index (κ3) is 12.5. The molecule has 2 aliphatic heterocycles. The molecule has 2 fully saturated rings. The summed E-state index contributed by atoms with van der Waals surface area (Å²) in [7, 11) is 0. The lowest BCUT2D eigenvalue weighted by Crippen LogP contribution is -2.34. The summed E-state index contributed by atoms with van der Waals surface area (Å²) in [4.78, 5) is 44.7. The summed E-state index contributed by atoms with van der Waals surface area (Å²) in [6, 6.07) is 13.1. The predicted molar refractivity (Wildman–Crippen MR) is 160 cm³/mol. The van der Waals surface area contributed by atoms with Crippen LogP contribution in [0.2, 0.25) is 0 Å². The number of benzene rings is 2. The van der Waals surface area contributed by atoms with Crippen molar-refractivity contribution in [2.45, 2.75) is 65.3 Å². The van der Waals surface area contributed by atoms with Crippen LogP contribution in [0.25, 0.3) is 0 Å². The van der Waals surface area contributed by atoms with E-state index in [1.54, 1.807) is 42.5 Å². The van der Waals surface area contributed by atoms with Gasteiger partial charge < -0.3 is 45.7 Å². The van der Waals surface area contributed by atoms with Crippen molar-refractivity contribution in [3.63, 3.8) is 0 Å². The number of hydrogen-bond donors (Lipinski definition) is 5. The van der Waals surface area contributed by atoms with Gasteiger partial charge in [-0.05, 0) is 52.0 Å². The van der Waals surface area contributed by atoms with Gasteiger partial charge in [0.2, 0.25) is 11.8 Å². The SMILES string of the molecule is CC(=O)Nc1ccccc1C(=O)NCC1COC(C)(C)O1.CC(=O)Nc1ccccc1C(=O)O.CC1(C)OCC(CN)O1. The first kappa shape index (κ1) is 35.3. The summed E-state index contributed by atoms with van der Waals surface area (Å²) < 4.78 is 21.7. The molecule has 2 aromatic rings. The van der Waals surface area contributed by atoms with E-state index in [9.17, 15) is 19.2 Å². The van der Waals surface area contributed by atoms with Gasteiger partial charge in [-0.2, -0.15) is 0 Å². The number of carbonyl (C=O) groups excluding carboxylic acids is 3. The first-order valence-electron chi connectivity index (χ1n) is 13.7. The Bertz CT molecular complexity index is 1270. The number of aromatic carboxylic acids is 1. The second kappa shape index (κ2) is 16.1. The maximum atomic E-state index is 12.2. The number of ether oxygens (including phenoxy) is 4. The van der Waals surface area contributed by atoms with Crippen LogP contribution in [-0.2, 0) is 28.5 Å². The summed E-state index contributed by atoms with van der Waals surface area (Å²) >= 11 is 0. The Balaban J connectivity index is 0.000000249. The van der Waals surface area contributed by atoms with Crippen LogP contribution in [0.4, 0.5) is 11.4 Å². The van der Waals surface area contributed by atoms with Crippen molar-refractivity contribution in [3.8, 4) is 0 Å². The van der Waals surface area contributed by atoms with Gasteiger partial charge in [0.05, 0.1) is 41.8 Å². The highest BCUT2D eigenvalue weighted by molar-refractivity contribution is 6.03. The largest absolute Gasteiger partial charge is 0.478 e. The molecular weight excluding hydrogens is 560 g/mol. The number of carboxylic acid groups (broad SMARTS) is 1. The molecule has 0 aliphatic carbocycles. The number of carboxylic acids is 1. The van der Waals surface area contributed by atoms with Crippen LogP contribution < -0.4 is 21.7 Å². The van der Waals surface area contributed by atoms with E-state index in [2.05, 4.69) is 16.0 Å². The van der Waals surface area contributed by atoms with Crippen molar-refractivity contribution >= 4 is 35.1 Å². The lowest BCUT2D eigenvalue weighted by Gasteiger charge is -2.17. The van der Waals surface area contributed by atoms with Crippen LogP contribution in [0.3, 0.4) is 0 Å². The van der Waals surface area contributed by atoms with E-state index in [0.29, 0.717) is 43.2 Å². The van der Waals surface area contributed by atoms with Gasteiger partial charge in [0.25, 0.3) is 5.91 Å². The number of amides is 3. The molecule has 2 aliphatic rings. The molecule has 2 saturated heterocycles. The quantitative estimate of drug-likeness (QED) is 0.315. The Hall–Kier alpha value is -3.88. The molecule has 2 unspecified atom stereocenters. The van der Waals surface area contributed by atoms with E-state index in [1.807, 2.05) is 27.7 Å². The van der Waals surface area contributed by atoms with Gasteiger partial charge in [0, 0.05) is 26.9 Å². The van der Waals surface area contributed by atoms with Gasteiger partial charge in [-0.1, -0.05) is 24.3 Å². The standard InChI is InChI=1S/C15H20N2O4.C9H9NO3.C6H13NO2/c1-10(18)17-13-7-5-4-6-12(13)14(19)16-8-11-9-20-15(2,3)21-11;1-6(11)10-8-5-3-2-4-7(8)9(12)13;1-6(2)8-4-5(3-7)9-6/h4-7,11H,8-9H2,1-3H3,(H,16,19)(H,17,18);2-5H,1H3,(H,10,11)(H,12,13);5H,3-4,7H2,1-2H3. The minimum absolute atomic E-state index is 0.0951. The summed E-state index contributed by atoms with van der Waals surface area (Å²) in [5.41, 5.74) is 6.68. The Morgan fingerprint density at radius 3 is 1.63 bits per heavy atom. The van der Waals surface area contributed by atoms with Crippen molar-refractivity contribution in [1.82, 2.24) is 5.32 Å². The molecule has 0 radical (unpaired) electrons. The molecule has 2 aromatic carbocycles. The molecule has 236 valence electrons. The number of para-hydroxylation sites is 2. The third-order valence-electron chi connectivity index (χ3n) is 5.84. The van der Waals surface area contributed by atoms with Gasteiger partial charge in [-0.15, -0.1) is 0 Å². The Labute approximate surface area is 251 Å². The molecule has 0 spiro atoms. The molecule has 0 saturated carbocycles. The highest BCUT2D eigenvalue weighted by atomic mass is 16.7. The fraction of sp³-hybridized carbons (Fsp3) is 0.467. The zero-order valence-electron chi connectivity index (χ0n) is 25.4. The third-order valence-corrected chi connectivity index (χ3v) is 5.84. The van der Waals surface area contributed by atoms with Gasteiger partial charge in [-0.3, -0.25) is 14.4 Å². The average Bonchev–Trinajstić information content (AvgIpc) is 3.47. The zero-order chi connectivity index (χ0) is 32.2. The fourth-order valence-corrected chi connectivity index (χ4v) is 3.99. The number of anilines is 2. The lowest BCUT2D eigenvalue weighted by molar-refractivity contribution is -0.137. The molecule has 2 atom stereocenters. The number of carbonyl (C=O) groups is 4. The van der Waals surface area contributed by atoms with Gasteiger partial charge >= 0.3 is 5.97 Å². The highest BCUT2D eigenvalue weighted by Crippen LogP contribution is 2.22. The molecule has 4 rings (SSSR count). The van der Waals surface area contributed by atoms with Crippen molar-refractivity contribution in [2.75, 3.05) is 36.9 Å². The number of nitrogens with one attached hydrogen (secondary N) is 3. The van der Waals surface area contributed by atoms with Crippen molar-refractivity contribution < 1.29 is 43.2 Å². The topological polar surface area (TPSA) is 188 Å². The Morgan fingerprint density at radius 2 is 1.23 bits per heavy atom. The van der Waals surface area contributed by atoms with E-state index in [-0.39, 0.29) is 35.5 Å². The monoisotopic (exact) mass is 602 g/mol. The van der Waals surface area contributed by atoms with Crippen molar-refractivity contribution in [2.24, 2.45) is 5.73 Å². The normalized spacial score (nSPS) is 19.5. The first-order chi connectivity index (χ1) is 20.1. The van der Waals surface area contributed by atoms with Crippen LogP contribution in [0.1, 0.15) is 62.3 Å². The molecule has 0 aromatic heterocycles. The molecule has 3 amide bonds. The molecule has 43 heavy (non-hydrogen) atoms. The van der Waals surface area contributed by atoms with E-state index in [1.165, 1.54) is 19.9 Å². The first-order valence-corrected chi connectivity index (χ1v) is 13.7. The van der Waals surface area contributed by atoms with Crippen molar-refractivity contribution in [1.29, 1.82) is 0 Å². The summed E-state index contributed by atoms with van der Waals surface area (Å²) in [6.07, 6.45) is -0.0723. The number of hydrogen-bond acceptors (Lipinski definition) is 9. The van der Waals surface area contributed by atoms with Crippen LogP contribution in [0, 0.1) is 0 Å². The highest BCUT2D eigenvalue weighted by Gasteiger charge is 2.33. The smallest absolute Gasteiger partial charge is 0.337 e. The summed E-state index contributed by atoms with van der Waals surface area (Å²) in [5.74, 6) is -2.83. The fourth-order valence-electron chi connectivity index (χ4n) is 3.99. The minimum atomic E-state index is -1.05. The number of nitrogens with two attached hydrogens (primary N) is 1. The van der Waals surface area contributed by atoms with E-state index >= 15 is 0 Å². The summed E-state index contributed by atoms with van der Waals surface area (Å²) in [5, 5.41) is 16.6. The van der Waals surface area contributed by atoms with E-state index in [0.717, 1.165) is 0 Å². The van der Waals surface area contributed by atoms with Gasteiger partial charge in [0.15, 0.2) is 11.6 Å². The molecular formula is C30H42N4O9. The van der Waals surface area contributed by atoms with Crippen LogP contribution in [0.5, 0.6) is 0 Å². The second-order valence-corrected chi connectivity index (χ2v) is 10.6. The molecule has 13 heteroatoms. The molecule has 2 heterocycles. The van der Waals surface area contributed by atoms with Crippen molar-refractivity contribution in [3.05, 3.63) is 59.7 Å². The van der Waals surface area contributed by atoms with E-state index in [4.69, 9.17) is 29.8 Å². The summed E-state index contributed by atoms with van der Waals surface area (Å²) in [6.45, 7) is 12.2. The Morgan fingerprint density at radius 1 is 0.791 bits per heavy atom. The maximum Gasteiger partial charge on any atom is 0.337 e. The van der Waals surface area contributed by atoms with E-state index < -0.39 is 17.5 Å². The molecule has 0 bridgehead atoms. The van der Waals surface area contributed by atoms with Gasteiger partial charge in [-0.25, -0.2) is 4.79 Å². The van der Waals surface area contributed by atoms with Crippen LogP contribution >= 0.6 is 0 Å². The van der Waals surface area contributed by atoms with Crippen LogP contribution in [0.15, 0.2) is 48.5 Å². The molecule has 13 nitrogen and oxygen atoms in total. The van der Waals surface area contributed by atoms with Gasteiger partial charge in [0.1, 0.15) is 6.10 Å². The minimum Gasteiger partial charge on any atom is -0.478 e. The second-order valence-electron chi connectivity index (χ2n) is 10.6. The number of rotatable bonds is 7. The molecule has 6 N–H and O–H groups in total. The lowest BCUT2D eigenvalue weighted by atomic mass is 10.1. The average molecular weight is 603 g/mol. The van der Waals surface area contributed by atoms with Crippen LogP contribution in [-0.4, -0.2) is 78.9 Å². The predicted octanol–water partition coefficient (Wildman–Crippen LogP) is 2.97.